The Labute approximate surface area is 222 Å². The number of rotatable bonds is 10. The number of benzene rings is 2. The standard InChI is InChI=1S/C28H30N2O7S/c1-5-29(6-2)38(33,34)23-11-7-21(8-12-23)9-14-28(32)35-17-25(31)24-15-19(3)30(20(24)4)22-10-13-26-27(16-22)37-18-36-26/h7-16H,5-6,17-18H2,1-4H3. The summed E-state index contributed by atoms with van der Waals surface area (Å²) >= 11 is 0. The molecule has 1 aromatic heterocycles. The van der Waals surface area contributed by atoms with E-state index in [1.54, 1.807) is 32.0 Å². The quantitative estimate of drug-likeness (QED) is 0.215. The Hall–Kier alpha value is -3.89. The Balaban J connectivity index is 1.38. The molecule has 9 nitrogen and oxygen atoms in total. The second kappa shape index (κ2) is 11.2. The highest BCUT2D eigenvalue weighted by Crippen LogP contribution is 2.35. The molecule has 10 heteroatoms. The van der Waals surface area contributed by atoms with Gasteiger partial charge in [-0.25, -0.2) is 13.2 Å². The lowest BCUT2D eigenvalue weighted by Gasteiger charge is -2.18. The minimum Gasteiger partial charge on any atom is -0.454 e. The van der Waals surface area contributed by atoms with Crippen LogP contribution in [-0.4, -0.2) is 55.5 Å². The van der Waals surface area contributed by atoms with Crippen molar-refractivity contribution in [3.8, 4) is 17.2 Å². The molecule has 0 saturated heterocycles. The fraction of sp³-hybridized carbons (Fsp3) is 0.286. The number of ether oxygens (including phenoxy) is 3. The zero-order chi connectivity index (χ0) is 27.4. The number of ketones is 1. The van der Waals surface area contributed by atoms with Crippen LogP contribution in [0, 0.1) is 13.8 Å². The van der Waals surface area contributed by atoms with Crippen LogP contribution in [0.2, 0.25) is 0 Å². The largest absolute Gasteiger partial charge is 0.454 e. The smallest absolute Gasteiger partial charge is 0.331 e. The van der Waals surface area contributed by atoms with Crippen molar-refractivity contribution in [3.63, 3.8) is 0 Å². The van der Waals surface area contributed by atoms with Crippen LogP contribution in [0.5, 0.6) is 11.5 Å². The van der Waals surface area contributed by atoms with Gasteiger partial charge in [-0.05, 0) is 55.8 Å². The number of sulfonamides is 1. The summed E-state index contributed by atoms with van der Waals surface area (Å²) in [6, 6.07) is 13.5. The molecule has 0 bridgehead atoms. The highest BCUT2D eigenvalue weighted by molar-refractivity contribution is 7.89. The lowest BCUT2D eigenvalue weighted by atomic mass is 10.1. The minimum atomic E-state index is -3.55. The molecule has 200 valence electrons. The third kappa shape index (κ3) is 5.51. The number of carbonyl (C=O) groups excluding carboxylic acids is 2. The van der Waals surface area contributed by atoms with E-state index >= 15 is 0 Å². The summed E-state index contributed by atoms with van der Waals surface area (Å²) in [5, 5.41) is 0. The molecule has 0 aliphatic carbocycles. The molecule has 0 radical (unpaired) electrons. The van der Waals surface area contributed by atoms with Gasteiger partial charge in [0.2, 0.25) is 22.6 Å². The predicted octanol–water partition coefficient (Wildman–Crippen LogP) is 4.29. The van der Waals surface area contributed by atoms with Crippen LogP contribution in [0.1, 0.15) is 41.2 Å². The second-order valence-corrected chi connectivity index (χ2v) is 10.6. The number of fused-ring (bicyclic) bond motifs is 1. The number of aryl methyl sites for hydroxylation is 1. The highest BCUT2D eigenvalue weighted by Gasteiger charge is 2.22. The van der Waals surface area contributed by atoms with E-state index in [2.05, 4.69) is 0 Å². The number of Topliss-reactive ketones (excluding diaryl/α,β-unsaturated/α-hetero) is 1. The molecule has 0 amide bonds. The van der Waals surface area contributed by atoms with Gasteiger partial charge in [0.25, 0.3) is 0 Å². The van der Waals surface area contributed by atoms with Gasteiger partial charge in [-0.15, -0.1) is 0 Å². The number of aromatic nitrogens is 1. The molecule has 2 aromatic carbocycles. The molecular formula is C28H30N2O7S. The Morgan fingerprint density at radius 3 is 2.37 bits per heavy atom. The molecule has 0 fully saturated rings. The van der Waals surface area contributed by atoms with E-state index in [9.17, 15) is 18.0 Å². The summed E-state index contributed by atoms with van der Waals surface area (Å²) in [5.74, 6) is 0.317. The van der Waals surface area contributed by atoms with Crippen LogP contribution < -0.4 is 9.47 Å². The fourth-order valence-corrected chi connectivity index (χ4v) is 5.82. The molecule has 4 rings (SSSR count). The molecule has 0 saturated carbocycles. The van der Waals surface area contributed by atoms with Gasteiger partial charge in [0.1, 0.15) is 0 Å². The first-order valence-corrected chi connectivity index (χ1v) is 13.7. The predicted molar refractivity (Wildman–Crippen MR) is 142 cm³/mol. The van der Waals surface area contributed by atoms with E-state index in [1.165, 1.54) is 28.6 Å². The summed E-state index contributed by atoms with van der Waals surface area (Å²) in [4.78, 5) is 25.3. The van der Waals surface area contributed by atoms with Crippen LogP contribution in [0.15, 0.2) is 59.5 Å². The lowest BCUT2D eigenvalue weighted by molar-refractivity contribution is -0.136. The van der Waals surface area contributed by atoms with Gasteiger partial charge in [0.05, 0.1) is 4.90 Å². The summed E-state index contributed by atoms with van der Waals surface area (Å²) in [7, 11) is -3.55. The summed E-state index contributed by atoms with van der Waals surface area (Å²) in [6.45, 7) is 7.82. The first kappa shape index (κ1) is 27.2. The van der Waals surface area contributed by atoms with Gasteiger partial charge in [0.15, 0.2) is 18.1 Å². The van der Waals surface area contributed by atoms with Crippen molar-refractivity contribution in [1.29, 1.82) is 0 Å². The average molecular weight is 539 g/mol. The van der Waals surface area contributed by atoms with E-state index in [-0.39, 0.29) is 17.5 Å². The highest BCUT2D eigenvalue weighted by atomic mass is 32.2. The molecule has 38 heavy (non-hydrogen) atoms. The van der Waals surface area contributed by atoms with Crippen molar-refractivity contribution in [2.45, 2.75) is 32.6 Å². The average Bonchev–Trinajstić information content (AvgIpc) is 3.49. The van der Waals surface area contributed by atoms with Gasteiger partial charge < -0.3 is 18.8 Å². The Bertz CT molecular complexity index is 1480. The van der Waals surface area contributed by atoms with Gasteiger partial charge in [-0.1, -0.05) is 26.0 Å². The zero-order valence-electron chi connectivity index (χ0n) is 21.8. The monoisotopic (exact) mass is 538 g/mol. The van der Waals surface area contributed by atoms with Crippen molar-refractivity contribution in [1.82, 2.24) is 8.87 Å². The maximum atomic E-state index is 12.8. The van der Waals surface area contributed by atoms with Crippen molar-refractivity contribution in [2.24, 2.45) is 0 Å². The SMILES string of the molecule is CCN(CC)S(=O)(=O)c1ccc(C=CC(=O)OCC(=O)c2cc(C)n(-c3ccc4c(c3)OCO4)c2C)cc1. The van der Waals surface area contributed by atoms with Crippen molar-refractivity contribution >= 4 is 27.9 Å². The molecule has 0 atom stereocenters. The van der Waals surface area contributed by atoms with E-state index in [0.717, 1.165) is 17.1 Å². The number of nitrogens with zero attached hydrogens (tertiary/aromatic N) is 2. The molecule has 1 aliphatic rings. The van der Waals surface area contributed by atoms with E-state index in [0.29, 0.717) is 35.7 Å². The maximum absolute atomic E-state index is 12.8. The second-order valence-electron chi connectivity index (χ2n) is 8.68. The van der Waals surface area contributed by atoms with Crippen LogP contribution in [-0.2, 0) is 19.6 Å². The van der Waals surface area contributed by atoms with Crippen molar-refractivity contribution < 1.29 is 32.2 Å². The Kier molecular flexibility index (Phi) is 8.03. The molecule has 2 heterocycles. The van der Waals surface area contributed by atoms with Crippen molar-refractivity contribution in [3.05, 3.63) is 77.1 Å². The summed E-state index contributed by atoms with van der Waals surface area (Å²) in [5.41, 5.74) is 3.49. The number of hydrogen-bond donors (Lipinski definition) is 0. The molecule has 1 aliphatic heterocycles. The molecule has 0 N–H and O–H groups in total. The van der Waals surface area contributed by atoms with Gasteiger partial charge >= 0.3 is 5.97 Å². The fourth-order valence-electron chi connectivity index (χ4n) is 4.36. The van der Waals surface area contributed by atoms with Crippen LogP contribution in [0.4, 0.5) is 0 Å². The first-order valence-electron chi connectivity index (χ1n) is 12.2. The third-order valence-electron chi connectivity index (χ3n) is 6.33. The first-order chi connectivity index (χ1) is 18.1. The number of esters is 1. The summed E-state index contributed by atoms with van der Waals surface area (Å²) in [6.07, 6.45) is 2.71. The zero-order valence-corrected chi connectivity index (χ0v) is 22.6. The van der Waals surface area contributed by atoms with E-state index in [4.69, 9.17) is 14.2 Å². The minimum absolute atomic E-state index is 0.176. The molecule has 3 aromatic rings. The number of hydrogen-bond acceptors (Lipinski definition) is 7. The Morgan fingerprint density at radius 2 is 1.68 bits per heavy atom. The van der Waals surface area contributed by atoms with Gasteiger partial charge in [-0.2, -0.15) is 4.31 Å². The van der Waals surface area contributed by atoms with E-state index in [1.807, 2.05) is 36.6 Å². The molecule has 0 spiro atoms. The molecule has 0 unspecified atom stereocenters. The maximum Gasteiger partial charge on any atom is 0.331 e. The van der Waals surface area contributed by atoms with Crippen LogP contribution >= 0.6 is 0 Å². The van der Waals surface area contributed by atoms with Gasteiger partial charge in [0, 0.05) is 47.9 Å². The van der Waals surface area contributed by atoms with Crippen LogP contribution in [0.3, 0.4) is 0 Å². The Morgan fingerprint density at radius 1 is 1.00 bits per heavy atom. The van der Waals surface area contributed by atoms with Crippen LogP contribution in [0.25, 0.3) is 11.8 Å². The topological polar surface area (TPSA) is 104 Å². The van der Waals surface area contributed by atoms with Gasteiger partial charge in [-0.3, -0.25) is 4.79 Å². The normalized spacial score (nSPS) is 12.9. The number of carbonyl (C=O) groups is 2. The van der Waals surface area contributed by atoms with E-state index < -0.39 is 22.6 Å². The molecular weight excluding hydrogens is 508 g/mol. The third-order valence-corrected chi connectivity index (χ3v) is 8.39. The lowest BCUT2D eigenvalue weighted by Crippen LogP contribution is -2.30. The van der Waals surface area contributed by atoms with Crippen molar-refractivity contribution in [2.75, 3.05) is 26.5 Å². The summed E-state index contributed by atoms with van der Waals surface area (Å²) < 4.78 is 44.5.